The summed E-state index contributed by atoms with van der Waals surface area (Å²) >= 11 is -1.44. The van der Waals surface area contributed by atoms with Gasteiger partial charge in [-0.3, -0.25) is 10.1 Å². The number of hydrogen-bond acceptors (Lipinski definition) is 4. The minimum absolute atomic E-state index is 0.126. The number of anilines is 2. The Morgan fingerprint density at radius 3 is 2.42 bits per heavy atom. The zero-order chi connectivity index (χ0) is 14.4. The Balaban J connectivity index is 2.53. The Morgan fingerprint density at radius 2 is 1.89 bits per heavy atom. The average Bonchev–Trinajstić information content (AvgIpc) is 2.31. The van der Waals surface area contributed by atoms with Crippen molar-refractivity contribution in [3.05, 3.63) is 28.3 Å². The van der Waals surface area contributed by atoms with E-state index in [1.54, 1.807) is 0 Å². The average molecular weight is 387 g/mol. The Morgan fingerprint density at radius 1 is 1.26 bits per heavy atom. The van der Waals surface area contributed by atoms with E-state index < -0.39 is 35.7 Å². The predicted molar refractivity (Wildman–Crippen MR) is 75.0 cm³/mol. The SMILES string of the molecule is CN1I=C(C(F)(F)F)N(C)c2ccc([N+](=O)[O-])cc21. The zero-order valence-electron chi connectivity index (χ0n) is 9.90. The summed E-state index contributed by atoms with van der Waals surface area (Å²) in [6.07, 6.45) is -4.38. The van der Waals surface area contributed by atoms with Crippen LogP contribution < -0.4 is 8.01 Å². The van der Waals surface area contributed by atoms with Crippen LogP contribution in [0.15, 0.2) is 18.2 Å². The molecule has 2 rings (SSSR count). The molecule has 0 radical (unpaired) electrons. The van der Waals surface area contributed by atoms with Crippen molar-refractivity contribution in [1.29, 1.82) is 0 Å². The van der Waals surface area contributed by atoms with Gasteiger partial charge < -0.3 is 8.01 Å². The minimum atomic E-state index is -4.38. The third-order valence-electron chi connectivity index (χ3n) is 2.60. The summed E-state index contributed by atoms with van der Waals surface area (Å²) in [5.74, 6) is 0. The molecule has 0 saturated carbocycles. The quantitative estimate of drug-likeness (QED) is 0.322. The maximum atomic E-state index is 12.9. The molecule has 0 amide bonds. The van der Waals surface area contributed by atoms with E-state index in [0.717, 1.165) is 4.90 Å². The standard InChI is InChI=1S/C10H9F3IN3O2/c1-15-7-4-3-6(17(18)19)5-8(7)16(2)14-9(15)10(11,12)13/h3-5H,1-2H3. The van der Waals surface area contributed by atoms with Crippen LogP contribution in [-0.4, -0.2) is 28.8 Å². The summed E-state index contributed by atoms with van der Waals surface area (Å²) in [6.45, 7) is 0. The van der Waals surface area contributed by atoms with E-state index in [1.807, 2.05) is 0 Å². The van der Waals surface area contributed by atoms with E-state index in [9.17, 15) is 23.3 Å². The predicted octanol–water partition coefficient (Wildman–Crippen LogP) is 3.06. The molecule has 0 spiro atoms. The maximum absolute atomic E-state index is 12.9. The van der Waals surface area contributed by atoms with Crippen molar-refractivity contribution in [1.82, 2.24) is 0 Å². The smallest absolute Gasteiger partial charge is 0.333 e. The van der Waals surface area contributed by atoms with Crippen LogP contribution in [-0.2, 0) is 0 Å². The van der Waals surface area contributed by atoms with E-state index in [-0.39, 0.29) is 5.69 Å². The number of rotatable bonds is 1. The second kappa shape index (κ2) is 4.62. The molecule has 0 atom stereocenters. The summed E-state index contributed by atoms with van der Waals surface area (Å²) in [5, 5.41) is 10.7. The van der Waals surface area contributed by atoms with E-state index in [0.29, 0.717) is 11.4 Å². The topological polar surface area (TPSA) is 49.6 Å². The van der Waals surface area contributed by atoms with Gasteiger partial charge >= 0.3 is 6.18 Å². The first kappa shape index (κ1) is 14.0. The van der Waals surface area contributed by atoms with E-state index in [1.165, 1.54) is 35.4 Å². The largest absolute Gasteiger partial charge is 0.438 e. The highest BCUT2D eigenvalue weighted by Gasteiger charge is 2.41. The molecule has 1 aromatic rings. The Labute approximate surface area is 116 Å². The molecule has 0 aromatic heterocycles. The van der Waals surface area contributed by atoms with E-state index in [2.05, 4.69) is 0 Å². The first-order valence-electron chi connectivity index (χ1n) is 5.07. The number of hydrogen-bond donors (Lipinski definition) is 0. The highest BCUT2D eigenvalue weighted by molar-refractivity contribution is 14.2. The van der Waals surface area contributed by atoms with Gasteiger partial charge in [-0.1, -0.05) is 0 Å². The van der Waals surface area contributed by atoms with Gasteiger partial charge in [-0.05, 0) is 6.07 Å². The first-order valence-corrected chi connectivity index (χ1v) is 7.11. The van der Waals surface area contributed by atoms with Crippen molar-refractivity contribution in [2.24, 2.45) is 0 Å². The van der Waals surface area contributed by atoms with Gasteiger partial charge in [0.05, 0.1) is 16.3 Å². The monoisotopic (exact) mass is 387 g/mol. The van der Waals surface area contributed by atoms with Gasteiger partial charge in [-0.25, -0.2) is 0 Å². The molecule has 1 aliphatic heterocycles. The van der Waals surface area contributed by atoms with Crippen LogP contribution in [0.2, 0.25) is 0 Å². The fraction of sp³-hybridized carbons (Fsp3) is 0.300. The van der Waals surface area contributed by atoms with Gasteiger partial charge in [0.2, 0.25) is 0 Å². The molecule has 104 valence electrons. The fourth-order valence-corrected chi connectivity index (χ4v) is 3.91. The fourth-order valence-electron chi connectivity index (χ4n) is 1.72. The molecule has 0 unspecified atom stereocenters. The van der Waals surface area contributed by atoms with Crippen molar-refractivity contribution < 1.29 is 18.1 Å². The first-order chi connectivity index (χ1) is 8.71. The lowest BCUT2D eigenvalue weighted by Gasteiger charge is -2.33. The second-order valence-corrected chi connectivity index (χ2v) is 6.79. The van der Waals surface area contributed by atoms with Crippen LogP contribution in [0.3, 0.4) is 0 Å². The van der Waals surface area contributed by atoms with E-state index >= 15 is 0 Å². The van der Waals surface area contributed by atoms with Crippen LogP contribution >= 0.6 is 21.0 Å². The Hall–Kier alpha value is -1.39. The maximum Gasteiger partial charge on any atom is 0.438 e. The van der Waals surface area contributed by atoms with Crippen LogP contribution in [0.5, 0.6) is 0 Å². The lowest BCUT2D eigenvalue weighted by atomic mass is 10.2. The summed E-state index contributed by atoms with van der Waals surface area (Å²) in [4.78, 5) is 11.2. The van der Waals surface area contributed by atoms with Crippen LogP contribution in [0.4, 0.5) is 30.2 Å². The molecule has 0 aliphatic carbocycles. The van der Waals surface area contributed by atoms with E-state index in [4.69, 9.17) is 0 Å². The number of alkyl halides is 3. The number of non-ortho nitro benzene ring substituents is 1. The molecule has 1 aromatic carbocycles. The number of benzene rings is 1. The van der Waals surface area contributed by atoms with Gasteiger partial charge in [0.1, 0.15) is 0 Å². The molecule has 9 heteroatoms. The lowest BCUT2D eigenvalue weighted by molar-refractivity contribution is -0.384. The summed E-state index contributed by atoms with van der Waals surface area (Å²) in [5.41, 5.74) is 0.655. The molecule has 1 aliphatic rings. The van der Waals surface area contributed by atoms with Crippen molar-refractivity contribution in [2.75, 3.05) is 22.1 Å². The third-order valence-corrected chi connectivity index (χ3v) is 5.63. The number of nitrogens with zero attached hydrogens (tertiary/aromatic N) is 3. The van der Waals surface area contributed by atoms with Gasteiger partial charge in [0, 0.05) is 47.2 Å². The van der Waals surface area contributed by atoms with Crippen LogP contribution in [0.25, 0.3) is 0 Å². The van der Waals surface area contributed by atoms with Gasteiger partial charge in [-0.15, -0.1) is 0 Å². The number of fused-ring (bicyclic) bond motifs is 1. The minimum Gasteiger partial charge on any atom is -0.333 e. The molecule has 0 bridgehead atoms. The van der Waals surface area contributed by atoms with Crippen LogP contribution in [0, 0.1) is 10.1 Å². The highest BCUT2D eigenvalue weighted by Crippen LogP contribution is 2.42. The highest BCUT2D eigenvalue weighted by atomic mass is 127. The molecule has 19 heavy (non-hydrogen) atoms. The molecule has 0 saturated heterocycles. The summed E-state index contributed by atoms with van der Waals surface area (Å²) < 4.78 is 39.5. The number of nitro groups is 1. The van der Waals surface area contributed by atoms with Gasteiger partial charge in [-0.2, -0.15) is 13.2 Å². The molecule has 1 heterocycles. The van der Waals surface area contributed by atoms with Crippen molar-refractivity contribution in [2.45, 2.75) is 6.18 Å². The third kappa shape index (κ3) is 2.51. The van der Waals surface area contributed by atoms with Gasteiger partial charge in [0.15, 0.2) is 3.63 Å². The van der Waals surface area contributed by atoms with Crippen molar-refractivity contribution >= 4 is 41.7 Å². The molecular formula is C10H9F3IN3O2. The lowest BCUT2D eigenvalue weighted by Crippen LogP contribution is -2.40. The Kier molecular flexibility index (Phi) is 3.41. The van der Waals surface area contributed by atoms with Crippen molar-refractivity contribution in [3.63, 3.8) is 0 Å². The van der Waals surface area contributed by atoms with Crippen molar-refractivity contribution in [3.8, 4) is 0 Å². The molecule has 0 fully saturated rings. The second-order valence-electron chi connectivity index (χ2n) is 3.84. The number of nitro benzene ring substituents is 1. The Bertz CT molecular complexity index is 574. The summed E-state index contributed by atoms with van der Waals surface area (Å²) in [6, 6.07) is 3.86. The molecule has 0 N–H and O–H groups in total. The normalized spacial score (nSPS) is 15.5. The molecule has 5 nitrogen and oxygen atoms in total. The van der Waals surface area contributed by atoms with Gasteiger partial charge in [0.25, 0.3) is 5.69 Å². The zero-order valence-corrected chi connectivity index (χ0v) is 12.1. The number of halogens is 4. The van der Waals surface area contributed by atoms with Crippen LogP contribution in [0.1, 0.15) is 0 Å². The summed E-state index contributed by atoms with van der Waals surface area (Å²) in [7, 11) is 2.86. The molecular weight excluding hydrogens is 378 g/mol.